The Bertz CT molecular complexity index is 808. The number of benzene rings is 1. The van der Waals surface area contributed by atoms with Crippen LogP contribution in [0.15, 0.2) is 23.2 Å². The molecule has 0 fully saturated rings. The Hall–Kier alpha value is -2.04. The van der Waals surface area contributed by atoms with Crippen LogP contribution in [-0.2, 0) is 19.5 Å². The molecule has 1 aliphatic heterocycles. The second-order valence-corrected chi connectivity index (χ2v) is 6.61. The largest absolute Gasteiger partial charge is 0.493 e. The van der Waals surface area contributed by atoms with Crippen molar-refractivity contribution in [2.75, 3.05) is 25.6 Å². The first kappa shape index (κ1) is 23.2. The van der Waals surface area contributed by atoms with Crippen molar-refractivity contribution in [2.45, 2.75) is 52.6 Å². The van der Waals surface area contributed by atoms with E-state index in [0.717, 1.165) is 42.6 Å². The van der Waals surface area contributed by atoms with Gasteiger partial charge in [0, 0.05) is 31.3 Å². The van der Waals surface area contributed by atoms with Crippen molar-refractivity contribution in [3.8, 4) is 11.5 Å². The second kappa shape index (κ2) is 11.8. The first-order valence-electron chi connectivity index (χ1n) is 10.0. The number of hydrogen-bond acceptors (Lipinski definition) is 5. The van der Waals surface area contributed by atoms with E-state index >= 15 is 0 Å². The van der Waals surface area contributed by atoms with E-state index in [1.807, 2.05) is 32.0 Å². The number of ether oxygens (including phenoxy) is 2. The average Bonchev–Trinajstić information content (AvgIpc) is 2.93. The van der Waals surface area contributed by atoms with E-state index in [2.05, 4.69) is 25.4 Å². The molecule has 8 nitrogen and oxygen atoms in total. The van der Waals surface area contributed by atoms with Gasteiger partial charge in [0.1, 0.15) is 12.4 Å². The molecule has 0 saturated carbocycles. The lowest BCUT2D eigenvalue weighted by Crippen LogP contribution is -2.30. The minimum atomic E-state index is 0. The molecule has 0 amide bonds. The van der Waals surface area contributed by atoms with Crippen LogP contribution in [0.25, 0.3) is 0 Å². The summed E-state index contributed by atoms with van der Waals surface area (Å²) in [6, 6.07) is 5.75. The second-order valence-electron chi connectivity index (χ2n) is 6.61. The van der Waals surface area contributed by atoms with E-state index in [4.69, 9.17) is 14.5 Å². The van der Waals surface area contributed by atoms with Gasteiger partial charge < -0.3 is 24.7 Å². The number of rotatable bonds is 7. The number of anilines is 1. The lowest BCUT2D eigenvalue weighted by molar-refractivity contribution is 0.311. The summed E-state index contributed by atoms with van der Waals surface area (Å²) in [5, 5.41) is 15.3. The topological polar surface area (TPSA) is 85.6 Å². The number of nitrogens with one attached hydrogen (secondary N) is 2. The Morgan fingerprint density at radius 1 is 1.17 bits per heavy atom. The van der Waals surface area contributed by atoms with Gasteiger partial charge in [0.25, 0.3) is 0 Å². The van der Waals surface area contributed by atoms with E-state index in [1.54, 1.807) is 7.11 Å². The van der Waals surface area contributed by atoms with Crippen LogP contribution >= 0.6 is 24.0 Å². The van der Waals surface area contributed by atoms with Crippen molar-refractivity contribution in [2.24, 2.45) is 4.99 Å². The lowest BCUT2D eigenvalue weighted by Gasteiger charge is -2.14. The molecule has 3 rings (SSSR count). The quantitative estimate of drug-likeness (QED) is 0.334. The van der Waals surface area contributed by atoms with Crippen molar-refractivity contribution in [1.82, 2.24) is 20.1 Å². The van der Waals surface area contributed by atoms with Crippen molar-refractivity contribution >= 4 is 35.6 Å². The Balaban J connectivity index is 0.00000300. The molecule has 2 heterocycles. The number of methoxy groups -OCH3 is 1. The zero-order valence-corrected chi connectivity index (χ0v) is 19.7. The smallest absolute Gasteiger partial charge is 0.196 e. The highest BCUT2D eigenvalue weighted by molar-refractivity contribution is 14.0. The standard InChI is InChI=1S/C20H30N6O2.HI/c1-4-21-20(23-15-10-11-16(28-5-2)17(13-15)27-3)22-14-19-25-24-18-9-7-6-8-12-26(18)19;/h10-11,13H,4-9,12,14H2,1-3H3,(H2,21,22,23);1H. The van der Waals surface area contributed by atoms with E-state index < -0.39 is 0 Å². The van der Waals surface area contributed by atoms with E-state index in [-0.39, 0.29) is 24.0 Å². The lowest BCUT2D eigenvalue weighted by atomic mass is 10.2. The summed E-state index contributed by atoms with van der Waals surface area (Å²) in [5.41, 5.74) is 0.875. The third-order valence-electron chi connectivity index (χ3n) is 4.64. The fraction of sp³-hybridized carbons (Fsp3) is 0.550. The maximum Gasteiger partial charge on any atom is 0.196 e. The fourth-order valence-electron chi connectivity index (χ4n) is 3.28. The SMILES string of the molecule is CCNC(=NCc1nnc2n1CCCCC2)Nc1ccc(OCC)c(OC)c1.I. The van der Waals surface area contributed by atoms with Gasteiger partial charge in [-0.25, -0.2) is 4.99 Å². The number of aliphatic imine (C=N–C) groups is 1. The molecule has 2 aromatic rings. The molecule has 0 bridgehead atoms. The summed E-state index contributed by atoms with van der Waals surface area (Å²) in [5.74, 6) is 4.10. The Morgan fingerprint density at radius 2 is 2.03 bits per heavy atom. The van der Waals surface area contributed by atoms with Crippen molar-refractivity contribution in [1.29, 1.82) is 0 Å². The van der Waals surface area contributed by atoms with Crippen LogP contribution in [0.4, 0.5) is 5.69 Å². The summed E-state index contributed by atoms with van der Waals surface area (Å²) in [6.45, 7) is 6.81. The van der Waals surface area contributed by atoms with Crippen LogP contribution in [-0.4, -0.2) is 41.0 Å². The minimum Gasteiger partial charge on any atom is -0.493 e. The molecular formula is C20H31IN6O2. The Labute approximate surface area is 189 Å². The summed E-state index contributed by atoms with van der Waals surface area (Å²) < 4.78 is 13.2. The van der Waals surface area contributed by atoms with E-state index in [9.17, 15) is 0 Å². The molecule has 0 saturated heterocycles. The van der Waals surface area contributed by atoms with Gasteiger partial charge in [-0.2, -0.15) is 0 Å². The van der Waals surface area contributed by atoms with E-state index in [1.165, 1.54) is 19.3 Å². The molecular weight excluding hydrogens is 483 g/mol. The van der Waals surface area contributed by atoms with Gasteiger partial charge in [-0.1, -0.05) is 6.42 Å². The van der Waals surface area contributed by atoms with Crippen LogP contribution in [0, 0.1) is 0 Å². The van der Waals surface area contributed by atoms with Crippen molar-refractivity contribution in [3.63, 3.8) is 0 Å². The number of guanidine groups is 1. The fourth-order valence-corrected chi connectivity index (χ4v) is 3.28. The molecule has 0 aliphatic carbocycles. The minimum absolute atomic E-state index is 0. The Morgan fingerprint density at radius 3 is 2.79 bits per heavy atom. The highest BCUT2D eigenvalue weighted by atomic mass is 127. The summed E-state index contributed by atoms with van der Waals surface area (Å²) in [7, 11) is 1.64. The summed E-state index contributed by atoms with van der Waals surface area (Å²) >= 11 is 0. The third-order valence-corrected chi connectivity index (χ3v) is 4.64. The molecule has 0 spiro atoms. The average molecular weight is 514 g/mol. The van der Waals surface area contributed by atoms with Gasteiger partial charge in [-0.05, 0) is 38.8 Å². The van der Waals surface area contributed by atoms with Gasteiger partial charge in [-0.15, -0.1) is 34.2 Å². The number of hydrogen-bond donors (Lipinski definition) is 2. The normalized spacial score (nSPS) is 13.7. The third kappa shape index (κ3) is 6.22. The number of halogens is 1. The molecule has 1 aromatic carbocycles. The molecule has 2 N–H and O–H groups in total. The van der Waals surface area contributed by atoms with Crippen molar-refractivity contribution in [3.05, 3.63) is 29.8 Å². The van der Waals surface area contributed by atoms with Gasteiger partial charge in [-0.3, -0.25) is 0 Å². The number of aromatic nitrogens is 3. The molecule has 9 heteroatoms. The monoisotopic (exact) mass is 514 g/mol. The zero-order valence-electron chi connectivity index (χ0n) is 17.4. The van der Waals surface area contributed by atoms with Crippen LogP contribution in [0.1, 0.15) is 44.8 Å². The molecule has 0 unspecified atom stereocenters. The molecule has 1 aromatic heterocycles. The maximum atomic E-state index is 5.58. The van der Waals surface area contributed by atoms with E-state index in [0.29, 0.717) is 24.9 Å². The van der Waals surface area contributed by atoms with Crippen LogP contribution < -0.4 is 20.1 Å². The van der Waals surface area contributed by atoms with Gasteiger partial charge in [0.2, 0.25) is 0 Å². The first-order valence-corrected chi connectivity index (χ1v) is 10.0. The predicted octanol–water partition coefficient (Wildman–Crippen LogP) is 3.61. The van der Waals surface area contributed by atoms with Crippen LogP contribution in [0.5, 0.6) is 11.5 Å². The van der Waals surface area contributed by atoms with Crippen LogP contribution in [0.2, 0.25) is 0 Å². The first-order chi connectivity index (χ1) is 13.7. The zero-order chi connectivity index (χ0) is 19.8. The van der Waals surface area contributed by atoms with Gasteiger partial charge in [0.05, 0.1) is 13.7 Å². The van der Waals surface area contributed by atoms with Gasteiger partial charge >= 0.3 is 0 Å². The Kier molecular flexibility index (Phi) is 9.49. The predicted molar refractivity (Wildman–Crippen MR) is 126 cm³/mol. The molecule has 29 heavy (non-hydrogen) atoms. The molecule has 160 valence electrons. The maximum absolute atomic E-state index is 5.58. The summed E-state index contributed by atoms with van der Waals surface area (Å²) in [4.78, 5) is 4.70. The van der Waals surface area contributed by atoms with Gasteiger partial charge in [0.15, 0.2) is 23.3 Å². The van der Waals surface area contributed by atoms with Crippen molar-refractivity contribution < 1.29 is 9.47 Å². The molecule has 0 atom stereocenters. The number of nitrogens with zero attached hydrogens (tertiary/aromatic N) is 4. The highest BCUT2D eigenvalue weighted by Gasteiger charge is 2.14. The molecule has 0 radical (unpaired) electrons. The summed E-state index contributed by atoms with van der Waals surface area (Å²) in [6.07, 6.45) is 4.61. The number of aryl methyl sites for hydroxylation is 1. The molecule has 1 aliphatic rings. The highest BCUT2D eigenvalue weighted by Crippen LogP contribution is 2.30. The van der Waals surface area contributed by atoms with Crippen LogP contribution in [0.3, 0.4) is 0 Å². The number of fused-ring (bicyclic) bond motifs is 1.